The molecule has 1 aliphatic heterocycles. The van der Waals surface area contributed by atoms with E-state index in [1.165, 1.54) is 5.69 Å². The van der Waals surface area contributed by atoms with Gasteiger partial charge in [-0.1, -0.05) is 54.6 Å². The second-order valence-electron chi connectivity index (χ2n) is 7.07. The van der Waals surface area contributed by atoms with E-state index < -0.39 is 6.10 Å². The molecule has 140 valence electrons. The third kappa shape index (κ3) is 4.41. The molecule has 1 saturated heterocycles. The van der Waals surface area contributed by atoms with Gasteiger partial charge in [0.05, 0.1) is 0 Å². The zero-order valence-electron chi connectivity index (χ0n) is 15.5. The summed E-state index contributed by atoms with van der Waals surface area (Å²) in [6.45, 7) is 4.85. The number of aliphatic hydroxyl groups excluding tert-OH is 1. The highest BCUT2D eigenvalue weighted by Crippen LogP contribution is 2.25. The van der Waals surface area contributed by atoms with Crippen LogP contribution in [0.3, 0.4) is 0 Å². The van der Waals surface area contributed by atoms with Crippen LogP contribution in [-0.2, 0) is 0 Å². The lowest BCUT2D eigenvalue weighted by molar-refractivity contribution is 0.0668. The van der Waals surface area contributed by atoms with Gasteiger partial charge in [-0.15, -0.1) is 0 Å². The molecule has 1 fully saturated rings. The Morgan fingerprint density at radius 1 is 0.815 bits per heavy atom. The second-order valence-corrected chi connectivity index (χ2v) is 7.07. The molecular weight excluding hydrogens is 336 g/mol. The van der Waals surface area contributed by atoms with Gasteiger partial charge in [0.1, 0.15) is 18.5 Å². The van der Waals surface area contributed by atoms with E-state index in [9.17, 15) is 5.11 Å². The maximum Gasteiger partial charge on any atom is 0.127 e. The molecule has 0 amide bonds. The van der Waals surface area contributed by atoms with E-state index in [0.717, 1.165) is 42.7 Å². The third-order valence-electron chi connectivity index (χ3n) is 5.14. The highest BCUT2D eigenvalue weighted by Gasteiger charge is 2.19. The summed E-state index contributed by atoms with van der Waals surface area (Å²) in [5.41, 5.74) is 1.27. The number of hydrogen-bond donors (Lipinski definition) is 1. The van der Waals surface area contributed by atoms with Crippen molar-refractivity contribution in [3.05, 3.63) is 72.8 Å². The maximum atomic E-state index is 10.4. The Hall–Kier alpha value is -2.56. The molecule has 0 radical (unpaired) electrons. The quantitative estimate of drug-likeness (QED) is 0.729. The normalized spacial score (nSPS) is 16.4. The standard InChI is InChI=1S/C23H26N2O2/c26-21(18-27-23-12-6-8-19-7-4-5-11-22(19)23)17-24-13-15-25(16-14-24)20-9-2-1-3-10-20/h1-12,21,26H,13-18H2/t21-/m1/s1. The average Bonchev–Trinajstić information content (AvgIpc) is 2.73. The Bertz CT molecular complexity index is 855. The van der Waals surface area contributed by atoms with Crippen molar-refractivity contribution in [1.29, 1.82) is 0 Å². The fourth-order valence-corrected chi connectivity index (χ4v) is 3.69. The third-order valence-corrected chi connectivity index (χ3v) is 5.14. The minimum atomic E-state index is -0.493. The molecule has 27 heavy (non-hydrogen) atoms. The Labute approximate surface area is 160 Å². The molecule has 0 unspecified atom stereocenters. The van der Waals surface area contributed by atoms with Crippen molar-refractivity contribution in [3.63, 3.8) is 0 Å². The van der Waals surface area contributed by atoms with Crippen LogP contribution >= 0.6 is 0 Å². The van der Waals surface area contributed by atoms with Crippen molar-refractivity contribution < 1.29 is 9.84 Å². The largest absolute Gasteiger partial charge is 0.490 e. The van der Waals surface area contributed by atoms with Crippen LogP contribution in [0.15, 0.2) is 72.8 Å². The molecule has 1 N–H and O–H groups in total. The van der Waals surface area contributed by atoms with Gasteiger partial charge in [0.25, 0.3) is 0 Å². The first-order chi connectivity index (χ1) is 13.3. The molecule has 1 aliphatic rings. The molecule has 4 rings (SSSR count). The number of anilines is 1. The van der Waals surface area contributed by atoms with Crippen molar-refractivity contribution in [3.8, 4) is 5.75 Å². The lowest BCUT2D eigenvalue weighted by Crippen LogP contribution is -2.49. The van der Waals surface area contributed by atoms with Crippen LogP contribution in [0, 0.1) is 0 Å². The fraction of sp³-hybridized carbons (Fsp3) is 0.304. The van der Waals surface area contributed by atoms with Crippen LogP contribution in [-0.4, -0.2) is 55.4 Å². The highest BCUT2D eigenvalue weighted by atomic mass is 16.5. The van der Waals surface area contributed by atoms with Crippen molar-refractivity contribution in [2.75, 3.05) is 44.2 Å². The van der Waals surface area contributed by atoms with E-state index in [-0.39, 0.29) is 0 Å². The van der Waals surface area contributed by atoms with Gasteiger partial charge in [0.15, 0.2) is 0 Å². The van der Waals surface area contributed by atoms with Gasteiger partial charge in [0, 0.05) is 43.8 Å². The van der Waals surface area contributed by atoms with Crippen molar-refractivity contribution in [2.24, 2.45) is 0 Å². The summed E-state index contributed by atoms with van der Waals surface area (Å²) in [6, 6.07) is 24.7. The van der Waals surface area contributed by atoms with Gasteiger partial charge in [0.2, 0.25) is 0 Å². The first kappa shape index (κ1) is 17.8. The minimum absolute atomic E-state index is 0.312. The van der Waals surface area contributed by atoms with Gasteiger partial charge in [-0.3, -0.25) is 4.90 Å². The molecule has 1 atom stereocenters. The molecule has 0 aromatic heterocycles. The molecule has 0 bridgehead atoms. The predicted octanol–water partition coefficient (Wildman–Crippen LogP) is 3.40. The number of rotatable bonds is 6. The van der Waals surface area contributed by atoms with Gasteiger partial charge in [-0.25, -0.2) is 0 Å². The summed E-state index contributed by atoms with van der Waals surface area (Å²) in [4.78, 5) is 4.71. The van der Waals surface area contributed by atoms with Crippen molar-refractivity contribution in [1.82, 2.24) is 4.90 Å². The summed E-state index contributed by atoms with van der Waals surface area (Å²) in [6.07, 6.45) is -0.493. The lowest BCUT2D eigenvalue weighted by atomic mass is 10.1. The van der Waals surface area contributed by atoms with Crippen LogP contribution in [0.5, 0.6) is 5.75 Å². The molecule has 3 aromatic rings. The number of benzene rings is 3. The molecule has 4 heteroatoms. The number of β-amino-alcohol motifs (C(OH)–C–C–N with tert-alkyl or cyclic N) is 1. The van der Waals surface area contributed by atoms with E-state index >= 15 is 0 Å². The van der Waals surface area contributed by atoms with E-state index in [2.05, 4.69) is 52.3 Å². The van der Waals surface area contributed by atoms with Gasteiger partial charge in [-0.05, 0) is 23.6 Å². The predicted molar refractivity (Wildman–Crippen MR) is 111 cm³/mol. The van der Waals surface area contributed by atoms with Crippen LogP contribution in [0.4, 0.5) is 5.69 Å². The molecule has 0 saturated carbocycles. The number of ether oxygens (including phenoxy) is 1. The minimum Gasteiger partial charge on any atom is -0.490 e. The number of para-hydroxylation sites is 1. The lowest BCUT2D eigenvalue weighted by Gasteiger charge is -2.36. The topological polar surface area (TPSA) is 35.9 Å². The zero-order valence-corrected chi connectivity index (χ0v) is 15.5. The van der Waals surface area contributed by atoms with Crippen LogP contribution < -0.4 is 9.64 Å². The molecular formula is C23H26N2O2. The molecule has 0 aliphatic carbocycles. The Morgan fingerprint density at radius 2 is 1.52 bits per heavy atom. The summed E-state index contributed by atoms with van der Waals surface area (Å²) >= 11 is 0. The summed E-state index contributed by atoms with van der Waals surface area (Å²) in [7, 11) is 0. The fourth-order valence-electron chi connectivity index (χ4n) is 3.69. The number of nitrogens with zero attached hydrogens (tertiary/aromatic N) is 2. The van der Waals surface area contributed by atoms with Crippen molar-refractivity contribution >= 4 is 16.5 Å². The molecule has 0 spiro atoms. The van der Waals surface area contributed by atoms with E-state index in [1.54, 1.807) is 0 Å². The van der Waals surface area contributed by atoms with Gasteiger partial charge < -0.3 is 14.7 Å². The zero-order chi connectivity index (χ0) is 18.5. The van der Waals surface area contributed by atoms with Crippen LogP contribution in [0.25, 0.3) is 10.8 Å². The first-order valence-electron chi connectivity index (χ1n) is 9.60. The van der Waals surface area contributed by atoms with E-state index in [0.29, 0.717) is 13.2 Å². The molecule has 1 heterocycles. The Balaban J connectivity index is 1.27. The summed E-state index contributed by atoms with van der Waals surface area (Å²) < 4.78 is 5.93. The van der Waals surface area contributed by atoms with E-state index in [1.807, 2.05) is 30.3 Å². The smallest absolute Gasteiger partial charge is 0.127 e. The number of fused-ring (bicyclic) bond motifs is 1. The van der Waals surface area contributed by atoms with E-state index in [4.69, 9.17) is 4.74 Å². The summed E-state index contributed by atoms with van der Waals surface area (Å²) in [5, 5.41) is 12.7. The number of aliphatic hydroxyl groups is 1. The Morgan fingerprint density at radius 3 is 2.33 bits per heavy atom. The van der Waals surface area contributed by atoms with Crippen LogP contribution in [0.1, 0.15) is 0 Å². The number of piperazine rings is 1. The van der Waals surface area contributed by atoms with Crippen molar-refractivity contribution in [2.45, 2.75) is 6.10 Å². The second kappa shape index (κ2) is 8.42. The first-order valence-corrected chi connectivity index (χ1v) is 9.60. The highest BCUT2D eigenvalue weighted by molar-refractivity contribution is 5.88. The molecule has 3 aromatic carbocycles. The molecule has 4 nitrogen and oxygen atoms in total. The summed E-state index contributed by atoms with van der Waals surface area (Å²) in [5.74, 6) is 0.834. The van der Waals surface area contributed by atoms with Gasteiger partial charge >= 0.3 is 0 Å². The maximum absolute atomic E-state index is 10.4. The monoisotopic (exact) mass is 362 g/mol. The Kier molecular flexibility index (Phi) is 5.56. The number of hydrogen-bond acceptors (Lipinski definition) is 4. The average molecular weight is 362 g/mol. The van der Waals surface area contributed by atoms with Crippen LogP contribution in [0.2, 0.25) is 0 Å². The SMILES string of the molecule is O[C@@H](COc1cccc2ccccc12)CN1CCN(c2ccccc2)CC1. The van der Waals surface area contributed by atoms with Gasteiger partial charge in [-0.2, -0.15) is 0 Å².